The van der Waals surface area contributed by atoms with E-state index in [0.29, 0.717) is 6.42 Å². The van der Waals surface area contributed by atoms with Crippen molar-refractivity contribution in [1.82, 2.24) is 14.8 Å². The number of H-pyrrole nitrogens is 1. The van der Waals surface area contributed by atoms with Crippen LogP contribution in [0.4, 0.5) is 13.2 Å². The lowest BCUT2D eigenvalue weighted by Gasteiger charge is -2.18. The van der Waals surface area contributed by atoms with Crippen molar-refractivity contribution in [2.24, 2.45) is 5.73 Å². The lowest BCUT2D eigenvalue weighted by atomic mass is 10.1. The summed E-state index contributed by atoms with van der Waals surface area (Å²) >= 11 is 0. The molecule has 1 heterocycles. The first kappa shape index (κ1) is 22.5. The van der Waals surface area contributed by atoms with Gasteiger partial charge in [-0.05, 0) is 31.6 Å². The Kier molecular flexibility index (Phi) is 7.12. The number of hydrogen-bond donors (Lipinski definition) is 3. The van der Waals surface area contributed by atoms with Crippen LogP contribution in [-0.4, -0.2) is 59.9 Å². The molecule has 0 saturated carbocycles. The molecule has 2 rings (SSSR count). The summed E-state index contributed by atoms with van der Waals surface area (Å²) < 4.78 is 46.2. The SMILES string of the molecule is CCN(CC)CCCOc1cc(C(F)(F)F)c2cc(C(=O)N(C)C(=N)N)[nH]c2c1. The third-order valence-electron chi connectivity index (χ3n) is 4.70. The van der Waals surface area contributed by atoms with Gasteiger partial charge >= 0.3 is 6.18 Å². The van der Waals surface area contributed by atoms with E-state index in [4.69, 9.17) is 15.9 Å². The topological polar surface area (TPSA) is 98.4 Å². The van der Waals surface area contributed by atoms with Gasteiger partial charge in [0.05, 0.1) is 17.7 Å². The Morgan fingerprint density at radius 1 is 1.24 bits per heavy atom. The molecule has 1 amide bonds. The first-order valence-electron chi connectivity index (χ1n) is 9.29. The van der Waals surface area contributed by atoms with Gasteiger partial charge in [-0.25, -0.2) is 0 Å². The Balaban J connectivity index is 2.29. The minimum atomic E-state index is -4.62. The van der Waals surface area contributed by atoms with Crippen LogP contribution in [0.5, 0.6) is 5.75 Å². The third kappa shape index (κ3) is 5.41. The Morgan fingerprint density at radius 3 is 2.45 bits per heavy atom. The Hall–Kier alpha value is -2.75. The summed E-state index contributed by atoms with van der Waals surface area (Å²) in [6, 6.07) is 3.49. The molecule has 0 radical (unpaired) electrons. The van der Waals surface area contributed by atoms with Crippen molar-refractivity contribution in [1.29, 1.82) is 5.41 Å². The number of halogens is 3. The van der Waals surface area contributed by atoms with E-state index in [9.17, 15) is 18.0 Å². The van der Waals surface area contributed by atoms with E-state index in [1.165, 1.54) is 13.1 Å². The van der Waals surface area contributed by atoms with Crippen molar-refractivity contribution in [2.45, 2.75) is 26.4 Å². The molecule has 1 aromatic carbocycles. The number of nitrogens with zero attached hydrogens (tertiary/aromatic N) is 2. The molecule has 29 heavy (non-hydrogen) atoms. The molecular weight excluding hydrogens is 387 g/mol. The molecule has 4 N–H and O–H groups in total. The molecule has 0 atom stereocenters. The number of carbonyl (C=O) groups is 1. The van der Waals surface area contributed by atoms with Crippen LogP contribution in [0.2, 0.25) is 0 Å². The molecule has 160 valence electrons. The number of alkyl halides is 3. The molecule has 0 fully saturated rings. The number of benzene rings is 1. The highest BCUT2D eigenvalue weighted by atomic mass is 19.4. The molecule has 7 nitrogen and oxygen atoms in total. The predicted molar refractivity (Wildman–Crippen MR) is 105 cm³/mol. The minimum absolute atomic E-state index is 0.0742. The number of amides is 1. The van der Waals surface area contributed by atoms with Gasteiger partial charge in [0, 0.05) is 25.0 Å². The Bertz CT molecular complexity index is 875. The van der Waals surface area contributed by atoms with Gasteiger partial charge in [-0.15, -0.1) is 0 Å². The summed E-state index contributed by atoms with van der Waals surface area (Å²) in [6.45, 7) is 6.95. The number of fused-ring (bicyclic) bond motifs is 1. The number of aromatic nitrogens is 1. The fourth-order valence-electron chi connectivity index (χ4n) is 2.95. The van der Waals surface area contributed by atoms with Gasteiger partial charge in [-0.2, -0.15) is 13.2 Å². The predicted octanol–water partition coefficient (Wildman–Crippen LogP) is 3.26. The van der Waals surface area contributed by atoms with Gasteiger partial charge < -0.3 is 20.4 Å². The third-order valence-corrected chi connectivity index (χ3v) is 4.70. The van der Waals surface area contributed by atoms with Gasteiger partial charge in [0.25, 0.3) is 5.91 Å². The second kappa shape index (κ2) is 9.17. The number of nitrogens with one attached hydrogen (secondary N) is 2. The zero-order chi connectivity index (χ0) is 21.8. The first-order chi connectivity index (χ1) is 13.6. The van der Waals surface area contributed by atoms with Crippen molar-refractivity contribution in [2.75, 3.05) is 33.3 Å². The summed E-state index contributed by atoms with van der Waals surface area (Å²) in [6.07, 6.45) is -3.94. The summed E-state index contributed by atoms with van der Waals surface area (Å²) in [4.78, 5) is 18.0. The highest BCUT2D eigenvalue weighted by Gasteiger charge is 2.34. The second-order valence-corrected chi connectivity index (χ2v) is 6.59. The van der Waals surface area contributed by atoms with Crippen LogP contribution in [0.3, 0.4) is 0 Å². The van der Waals surface area contributed by atoms with Crippen LogP contribution < -0.4 is 10.5 Å². The van der Waals surface area contributed by atoms with E-state index < -0.39 is 23.6 Å². The molecule has 2 aromatic rings. The quantitative estimate of drug-likeness (QED) is 0.351. The number of aromatic amines is 1. The van der Waals surface area contributed by atoms with Crippen LogP contribution in [0.25, 0.3) is 10.9 Å². The largest absolute Gasteiger partial charge is 0.493 e. The molecule has 0 saturated heterocycles. The van der Waals surface area contributed by atoms with Crippen molar-refractivity contribution < 1.29 is 22.7 Å². The highest BCUT2D eigenvalue weighted by Crippen LogP contribution is 2.38. The summed E-state index contributed by atoms with van der Waals surface area (Å²) in [5, 5.41) is 7.16. The smallest absolute Gasteiger partial charge is 0.417 e. The maximum atomic E-state index is 13.6. The van der Waals surface area contributed by atoms with E-state index in [0.717, 1.165) is 36.7 Å². The van der Waals surface area contributed by atoms with E-state index in [1.54, 1.807) is 0 Å². The number of nitrogens with two attached hydrogens (primary N) is 1. The van der Waals surface area contributed by atoms with E-state index in [-0.39, 0.29) is 29.0 Å². The normalized spacial score (nSPS) is 11.8. The average Bonchev–Trinajstić information content (AvgIpc) is 3.09. The lowest BCUT2D eigenvalue weighted by molar-refractivity contribution is -0.136. The second-order valence-electron chi connectivity index (χ2n) is 6.59. The van der Waals surface area contributed by atoms with Crippen LogP contribution >= 0.6 is 0 Å². The monoisotopic (exact) mass is 413 g/mol. The van der Waals surface area contributed by atoms with Gasteiger partial charge in [0.2, 0.25) is 0 Å². The van der Waals surface area contributed by atoms with Crippen LogP contribution in [-0.2, 0) is 6.18 Å². The van der Waals surface area contributed by atoms with Crippen LogP contribution in [0.1, 0.15) is 36.3 Å². The molecule has 10 heteroatoms. The molecule has 0 unspecified atom stereocenters. The molecule has 0 aliphatic carbocycles. The fourth-order valence-corrected chi connectivity index (χ4v) is 2.95. The maximum Gasteiger partial charge on any atom is 0.417 e. The fraction of sp³-hybridized carbons (Fsp3) is 0.474. The molecule has 1 aromatic heterocycles. The van der Waals surface area contributed by atoms with E-state index >= 15 is 0 Å². The molecule has 0 aliphatic heterocycles. The number of carbonyl (C=O) groups excluding carboxylic acids is 1. The lowest BCUT2D eigenvalue weighted by Crippen LogP contribution is -2.38. The van der Waals surface area contributed by atoms with Crippen LogP contribution in [0.15, 0.2) is 18.2 Å². The van der Waals surface area contributed by atoms with E-state index in [1.807, 2.05) is 13.8 Å². The summed E-state index contributed by atoms with van der Waals surface area (Å²) in [5.41, 5.74) is 4.41. The number of guanidine groups is 1. The number of ether oxygens (including phenoxy) is 1. The molecule has 0 spiro atoms. The Labute approximate surface area is 167 Å². The number of rotatable bonds is 8. The molecule has 0 bridgehead atoms. The maximum absolute atomic E-state index is 13.6. The standard InChI is InChI=1S/C19H26F3N5O2/c1-4-27(5-2)7-6-8-29-12-9-14(19(20,21)22)13-11-16(25-15(13)10-12)17(28)26(3)18(23)24/h9-11,25H,4-8H2,1-3H3,(H3,23,24). The van der Waals surface area contributed by atoms with Crippen molar-refractivity contribution in [3.63, 3.8) is 0 Å². The highest BCUT2D eigenvalue weighted by molar-refractivity contribution is 6.06. The van der Waals surface area contributed by atoms with Crippen molar-refractivity contribution >= 4 is 22.8 Å². The zero-order valence-electron chi connectivity index (χ0n) is 16.7. The Morgan fingerprint density at radius 2 is 1.90 bits per heavy atom. The van der Waals surface area contributed by atoms with Crippen molar-refractivity contribution in [3.05, 3.63) is 29.5 Å². The van der Waals surface area contributed by atoms with Gasteiger partial charge in [0.15, 0.2) is 5.96 Å². The van der Waals surface area contributed by atoms with Gasteiger partial charge in [-0.3, -0.25) is 15.1 Å². The zero-order valence-corrected chi connectivity index (χ0v) is 16.7. The molecular formula is C19H26F3N5O2. The molecule has 0 aliphatic rings. The van der Waals surface area contributed by atoms with Crippen molar-refractivity contribution in [3.8, 4) is 5.75 Å². The summed E-state index contributed by atoms with van der Waals surface area (Å²) in [5.74, 6) is -1.14. The minimum Gasteiger partial charge on any atom is -0.493 e. The van der Waals surface area contributed by atoms with E-state index in [2.05, 4.69) is 9.88 Å². The first-order valence-corrected chi connectivity index (χ1v) is 9.29. The van der Waals surface area contributed by atoms with Crippen LogP contribution in [0, 0.1) is 5.41 Å². The van der Waals surface area contributed by atoms with Gasteiger partial charge in [-0.1, -0.05) is 13.8 Å². The van der Waals surface area contributed by atoms with Gasteiger partial charge in [0.1, 0.15) is 11.4 Å². The summed E-state index contributed by atoms with van der Waals surface area (Å²) in [7, 11) is 1.27. The number of hydrogen-bond acceptors (Lipinski definition) is 4. The average molecular weight is 413 g/mol.